The highest BCUT2D eigenvalue weighted by Crippen LogP contribution is 2.40. The normalized spacial score (nSPS) is 15.9. The molecule has 1 aliphatic heterocycles. The molecule has 2 amide bonds. The second kappa shape index (κ2) is 8.68. The maximum atomic E-state index is 12.8. The van der Waals surface area contributed by atoms with Gasteiger partial charge < -0.3 is 15.4 Å². The van der Waals surface area contributed by atoms with Gasteiger partial charge in [0.2, 0.25) is 11.8 Å². The minimum Gasteiger partial charge on any atom is -0.465 e. The standard InChI is InChI=1S/C19H17F3N2O4S2/c1-3-10-7-11(18(27)28-2)17(29-10)24-15(25)8-14-16(26)23-12-6-9(19(20,21)22)4-5-13(12)30-14/h4-7,14H,3,8H2,1-2H3,(H,23,26)(H,24,25)/t14-/m0/s1. The van der Waals surface area contributed by atoms with Crippen LogP contribution in [0.5, 0.6) is 0 Å². The second-order valence-corrected chi connectivity index (χ2v) is 8.74. The lowest BCUT2D eigenvalue weighted by Crippen LogP contribution is -2.32. The van der Waals surface area contributed by atoms with Crippen LogP contribution in [0, 0.1) is 0 Å². The molecule has 0 bridgehead atoms. The number of alkyl halides is 3. The average molecular weight is 458 g/mol. The van der Waals surface area contributed by atoms with Gasteiger partial charge in [0.05, 0.1) is 29.2 Å². The summed E-state index contributed by atoms with van der Waals surface area (Å²) in [4.78, 5) is 38.0. The summed E-state index contributed by atoms with van der Waals surface area (Å²) in [6.07, 6.45) is -4.06. The predicted molar refractivity (Wildman–Crippen MR) is 108 cm³/mol. The minimum absolute atomic E-state index is 0.0651. The molecule has 0 radical (unpaired) electrons. The van der Waals surface area contributed by atoms with Gasteiger partial charge in [-0.15, -0.1) is 23.1 Å². The monoisotopic (exact) mass is 458 g/mol. The van der Waals surface area contributed by atoms with Crippen LogP contribution in [0.2, 0.25) is 0 Å². The summed E-state index contributed by atoms with van der Waals surface area (Å²) < 4.78 is 43.3. The lowest BCUT2D eigenvalue weighted by molar-refractivity contribution is -0.137. The highest BCUT2D eigenvalue weighted by molar-refractivity contribution is 8.01. The molecule has 2 N–H and O–H groups in total. The number of amides is 2. The van der Waals surface area contributed by atoms with Crippen molar-refractivity contribution in [3.05, 3.63) is 40.3 Å². The van der Waals surface area contributed by atoms with Gasteiger partial charge in [-0.3, -0.25) is 9.59 Å². The van der Waals surface area contributed by atoms with Crippen LogP contribution in [0.25, 0.3) is 0 Å². The number of carbonyl (C=O) groups excluding carboxylic acids is 3. The van der Waals surface area contributed by atoms with Crippen molar-refractivity contribution < 1.29 is 32.3 Å². The fourth-order valence-electron chi connectivity index (χ4n) is 2.78. The minimum atomic E-state index is -4.52. The van der Waals surface area contributed by atoms with Crippen molar-refractivity contribution >= 4 is 51.6 Å². The first kappa shape index (κ1) is 22.2. The molecule has 3 rings (SSSR count). The van der Waals surface area contributed by atoms with Crippen LogP contribution in [0.4, 0.5) is 23.9 Å². The van der Waals surface area contributed by atoms with E-state index in [0.717, 1.165) is 28.8 Å². The number of hydrogen-bond donors (Lipinski definition) is 2. The number of fused-ring (bicyclic) bond motifs is 1. The number of hydrogen-bond acceptors (Lipinski definition) is 6. The second-order valence-electron chi connectivity index (χ2n) is 6.36. The SMILES string of the molecule is CCc1cc(C(=O)OC)c(NC(=O)C[C@@H]2Sc3ccc(C(F)(F)F)cc3NC2=O)s1. The Balaban J connectivity index is 1.72. The molecule has 1 aromatic carbocycles. The van der Waals surface area contributed by atoms with Crippen LogP contribution in [-0.4, -0.2) is 30.1 Å². The number of ether oxygens (including phenoxy) is 1. The first-order valence-corrected chi connectivity index (χ1v) is 10.5. The molecule has 0 saturated heterocycles. The number of esters is 1. The Hall–Kier alpha value is -2.53. The van der Waals surface area contributed by atoms with E-state index in [4.69, 9.17) is 4.74 Å². The van der Waals surface area contributed by atoms with Gasteiger partial charge in [-0.25, -0.2) is 4.79 Å². The van der Waals surface area contributed by atoms with Crippen LogP contribution in [0.3, 0.4) is 0 Å². The van der Waals surface area contributed by atoms with Crippen molar-refractivity contribution in [3.63, 3.8) is 0 Å². The third-order valence-electron chi connectivity index (χ3n) is 4.29. The Morgan fingerprint density at radius 1 is 1.27 bits per heavy atom. The summed E-state index contributed by atoms with van der Waals surface area (Å²) in [7, 11) is 1.24. The molecule has 2 heterocycles. The maximum Gasteiger partial charge on any atom is 0.416 e. The Morgan fingerprint density at radius 2 is 2.00 bits per heavy atom. The van der Waals surface area contributed by atoms with Crippen molar-refractivity contribution in [3.8, 4) is 0 Å². The third kappa shape index (κ3) is 4.78. The van der Waals surface area contributed by atoms with Gasteiger partial charge in [-0.2, -0.15) is 13.2 Å². The zero-order valence-corrected chi connectivity index (χ0v) is 17.5. The van der Waals surface area contributed by atoms with Gasteiger partial charge >= 0.3 is 12.1 Å². The van der Waals surface area contributed by atoms with Gasteiger partial charge in [-0.05, 0) is 30.7 Å². The van der Waals surface area contributed by atoms with E-state index in [1.165, 1.54) is 24.5 Å². The number of carbonyl (C=O) groups is 3. The van der Waals surface area contributed by atoms with Gasteiger partial charge in [-0.1, -0.05) is 6.92 Å². The number of benzene rings is 1. The van der Waals surface area contributed by atoms with E-state index in [1.807, 2.05) is 6.92 Å². The van der Waals surface area contributed by atoms with Crippen LogP contribution in [0.1, 0.15) is 34.1 Å². The van der Waals surface area contributed by atoms with Crippen molar-refractivity contribution in [2.75, 3.05) is 17.7 Å². The Morgan fingerprint density at radius 3 is 2.63 bits per heavy atom. The number of anilines is 2. The molecule has 30 heavy (non-hydrogen) atoms. The number of methoxy groups -OCH3 is 1. The average Bonchev–Trinajstić information content (AvgIpc) is 3.09. The third-order valence-corrected chi connectivity index (χ3v) is 6.76. The molecule has 2 aromatic rings. The fourth-order valence-corrected chi connectivity index (χ4v) is 4.87. The smallest absolute Gasteiger partial charge is 0.416 e. The zero-order valence-electron chi connectivity index (χ0n) is 15.9. The summed E-state index contributed by atoms with van der Waals surface area (Å²) in [5.74, 6) is -1.64. The van der Waals surface area contributed by atoms with E-state index >= 15 is 0 Å². The summed E-state index contributed by atoms with van der Waals surface area (Å²) in [6, 6.07) is 4.72. The zero-order chi connectivity index (χ0) is 22.1. The number of halogens is 3. The highest BCUT2D eigenvalue weighted by Gasteiger charge is 2.34. The molecule has 0 aliphatic carbocycles. The predicted octanol–water partition coefficient (Wildman–Crippen LogP) is 4.56. The largest absolute Gasteiger partial charge is 0.465 e. The van der Waals surface area contributed by atoms with Gasteiger partial charge in [0, 0.05) is 16.2 Å². The lowest BCUT2D eigenvalue weighted by atomic mass is 10.1. The van der Waals surface area contributed by atoms with Gasteiger partial charge in [0.1, 0.15) is 5.00 Å². The summed E-state index contributed by atoms with van der Waals surface area (Å²) in [5, 5.41) is 4.59. The van der Waals surface area contributed by atoms with E-state index < -0.39 is 34.8 Å². The van der Waals surface area contributed by atoms with Crippen molar-refractivity contribution in [1.29, 1.82) is 0 Å². The molecule has 0 unspecified atom stereocenters. The quantitative estimate of drug-likeness (QED) is 0.642. The number of rotatable bonds is 5. The first-order chi connectivity index (χ1) is 14.1. The van der Waals surface area contributed by atoms with Crippen molar-refractivity contribution in [1.82, 2.24) is 0 Å². The Labute approximate surface area is 178 Å². The summed E-state index contributed by atoms with van der Waals surface area (Å²) in [6.45, 7) is 1.91. The van der Waals surface area contributed by atoms with E-state index in [0.29, 0.717) is 16.3 Å². The van der Waals surface area contributed by atoms with Crippen LogP contribution in [0.15, 0.2) is 29.2 Å². The number of thiophene rings is 1. The molecule has 11 heteroatoms. The molecule has 1 aromatic heterocycles. The molecule has 0 saturated carbocycles. The van der Waals surface area contributed by atoms with E-state index in [9.17, 15) is 27.6 Å². The van der Waals surface area contributed by atoms with E-state index in [-0.39, 0.29) is 17.7 Å². The Kier molecular flexibility index (Phi) is 6.41. The molecule has 6 nitrogen and oxygen atoms in total. The van der Waals surface area contributed by atoms with Gasteiger partial charge in [0.25, 0.3) is 0 Å². The first-order valence-electron chi connectivity index (χ1n) is 8.82. The summed E-state index contributed by atoms with van der Waals surface area (Å²) in [5.41, 5.74) is -0.563. The molecule has 0 fully saturated rings. The van der Waals surface area contributed by atoms with Crippen molar-refractivity contribution in [2.24, 2.45) is 0 Å². The molecule has 1 aliphatic rings. The van der Waals surface area contributed by atoms with E-state index in [1.54, 1.807) is 6.07 Å². The van der Waals surface area contributed by atoms with Crippen LogP contribution >= 0.6 is 23.1 Å². The maximum absolute atomic E-state index is 12.8. The molecule has 0 spiro atoms. The Bertz CT molecular complexity index is 1000. The fraction of sp³-hybridized carbons (Fsp3) is 0.316. The topological polar surface area (TPSA) is 84.5 Å². The van der Waals surface area contributed by atoms with Crippen LogP contribution < -0.4 is 10.6 Å². The molecule has 160 valence electrons. The number of thioether (sulfide) groups is 1. The number of aryl methyl sites for hydroxylation is 1. The molecule has 1 atom stereocenters. The van der Waals surface area contributed by atoms with Gasteiger partial charge in [0.15, 0.2) is 0 Å². The lowest BCUT2D eigenvalue weighted by Gasteiger charge is -2.24. The van der Waals surface area contributed by atoms with Crippen LogP contribution in [-0.2, 0) is 26.9 Å². The van der Waals surface area contributed by atoms with E-state index in [2.05, 4.69) is 10.6 Å². The number of nitrogens with one attached hydrogen (secondary N) is 2. The molecular formula is C19H17F3N2O4S2. The highest BCUT2D eigenvalue weighted by atomic mass is 32.2. The van der Waals surface area contributed by atoms with Crippen molar-refractivity contribution in [2.45, 2.75) is 36.1 Å². The molecular weight excluding hydrogens is 441 g/mol. The summed E-state index contributed by atoms with van der Waals surface area (Å²) >= 11 is 2.26.